The predicted octanol–water partition coefficient (Wildman–Crippen LogP) is 16.7. The molecule has 0 amide bonds. The molecular weight excluding hydrogens is 739 g/mol. The van der Waals surface area contributed by atoms with Crippen LogP contribution in [0.5, 0.6) is 0 Å². The van der Waals surface area contributed by atoms with Gasteiger partial charge in [0.15, 0.2) is 0 Å². The number of hydrogen-bond acceptors (Lipinski definition) is 2. The Morgan fingerprint density at radius 3 is 1.66 bits per heavy atom. The summed E-state index contributed by atoms with van der Waals surface area (Å²) in [6.07, 6.45) is 0. The van der Waals surface area contributed by atoms with Crippen LogP contribution in [0.3, 0.4) is 0 Å². The van der Waals surface area contributed by atoms with E-state index in [0.717, 1.165) is 44.4 Å². The molecule has 288 valence electrons. The standard InChI is InChI=1S/C59H41NO/c1-59(2)54-19-9-7-16-48(54)49-35-30-43(36-55(49)59)40-28-33-45(34-29-40)60(56-20-11-13-41-12-3-4-14-46(41)56)44-31-26-39(27-32-44)38-22-24-42(25-23-38)52-37-53-50-17-8-10-21-57(50)61-58(53)51-18-6-5-15-47(51)52/h3-37H,1-2H3. The van der Waals surface area contributed by atoms with E-state index >= 15 is 0 Å². The van der Waals surface area contributed by atoms with Crippen molar-refractivity contribution in [1.29, 1.82) is 0 Å². The van der Waals surface area contributed by atoms with Crippen LogP contribution in [0.1, 0.15) is 25.0 Å². The molecule has 0 fully saturated rings. The zero-order valence-corrected chi connectivity index (χ0v) is 34.1. The monoisotopic (exact) mass is 779 g/mol. The van der Waals surface area contributed by atoms with Crippen LogP contribution < -0.4 is 4.90 Å². The van der Waals surface area contributed by atoms with Crippen LogP contribution in [0.25, 0.3) is 88.0 Å². The molecule has 0 N–H and O–H groups in total. The highest BCUT2D eigenvalue weighted by atomic mass is 16.3. The Balaban J connectivity index is 0.894. The number of benzene rings is 10. The fourth-order valence-corrected chi connectivity index (χ4v) is 9.95. The fraction of sp³-hybridized carbons (Fsp3) is 0.0508. The van der Waals surface area contributed by atoms with Crippen molar-refractivity contribution >= 4 is 60.5 Å². The van der Waals surface area contributed by atoms with Gasteiger partial charge in [0.1, 0.15) is 11.2 Å². The number of nitrogens with zero attached hydrogens (tertiary/aromatic N) is 1. The molecule has 0 aliphatic heterocycles. The van der Waals surface area contributed by atoms with Crippen molar-refractivity contribution in [3.63, 3.8) is 0 Å². The summed E-state index contributed by atoms with van der Waals surface area (Å²) in [5.74, 6) is 0. The Hall–Kier alpha value is -7.68. The van der Waals surface area contributed by atoms with Crippen molar-refractivity contribution in [2.75, 3.05) is 4.90 Å². The molecular formula is C59H41NO. The van der Waals surface area contributed by atoms with E-state index in [1.54, 1.807) is 0 Å². The lowest BCUT2D eigenvalue weighted by Gasteiger charge is -2.27. The minimum atomic E-state index is -0.0403. The Labute approximate surface area is 355 Å². The van der Waals surface area contributed by atoms with Crippen molar-refractivity contribution < 1.29 is 4.42 Å². The quantitative estimate of drug-likeness (QED) is 0.167. The van der Waals surface area contributed by atoms with Gasteiger partial charge in [0.25, 0.3) is 0 Å². The van der Waals surface area contributed by atoms with Gasteiger partial charge in [-0.3, -0.25) is 0 Å². The molecule has 0 spiro atoms. The highest BCUT2D eigenvalue weighted by Crippen LogP contribution is 2.50. The molecule has 12 rings (SSSR count). The van der Waals surface area contributed by atoms with Gasteiger partial charge in [-0.2, -0.15) is 0 Å². The lowest BCUT2D eigenvalue weighted by molar-refractivity contribution is 0.660. The summed E-state index contributed by atoms with van der Waals surface area (Å²) >= 11 is 0. The van der Waals surface area contributed by atoms with Gasteiger partial charge in [0.05, 0.1) is 5.69 Å². The first-order valence-electron chi connectivity index (χ1n) is 21.2. The molecule has 10 aromatic carbocycles. The molecule has 11 aromatic rings. The largest absolute Gasteiger partial charge is 0.455 e. The lowest BCUT2D eigenvalue weighted by Crippen LogP contribution is -2.14. The number of para-hydroxylation sites is 1. The van der Waals surface area contributed by atoms with Gasteiger partial charge in [-0.15, -0.1) is 0 Å². The van der Waals surface area contributed by atoms with Gasteiger partial charge in [0, 0.05) is 38.3 Å². The molecule has 2 heteroatoms. The third-order valence-electron chi connectivity index (χ3n) is 13.1. The first-order valence-corrected chi connectivity index (χ1v) is 21.2. The second kappa shape index (κ2) is 13.7. The SMILES string of the molecule is CC1(C)c2ccccc2-c2ccc(-c3ccc(N(c4ccc(-c5ccc(-c6cc7c8ccccc8oc7c7ccccc67)cc5)cc4)c4cccc5ccccc45)cc3)cc21. The molecule has 0 atom stereocenters. The van der Waals surface area contributed by atoms with E-state index in [0.29, 0.717) is 0 Å². The highest BCUT2D eigenvalue weighted by molar-refractivity contribution is 6.19. The average molecular weight is 780 g/mol. The molecule has 0 bridgehead atoms. The molecule has 1 heterocycles. The summed E-state index contributed by atoms with van der Waals surface area (Å²) in [6.45, 7) is 4.69. The summed E-state index contributed by atoms with van der Waals surface area (Å²) in [7, 11) is 0. The fourth-order valence-electron chi connectivity index (χ4n) is 9.95. The van der Waals surface area contributed by atoms with Crippen molar-refractivity contribution in [2.45, 2.75) is 19.3 Å². The van der Waals surface area contributed by atoms with Crippen molar-refractivity contribution in [3.05, 3.63) is 223 Å². The maximum Gasteiger partial charge on any atom is 0.143 e. The maximum absolute atomic E-state index is 6.39. The molecule has 0 saturated heterocycles. The van der Waals surface area contributed by atoms with Gasteiger partial charge in [-0.1, -0.05) is 178 Å². The Morgan fingerprint density at radius 2 is 0.902 bits per heavy atom. The number of rotatable bonds is 6. The Kier molecular flexibility index (Phi) is 7.92. The minimum absolute atomic E-state index is 0.0403. The first kappa shape index (κ1) is 35.3. The minimum Gasteiger partial charge on any atom is -0.455 e. The summed E-state index contributed by atoms with van der Waals surface area (Å²) in [5.41, 5.74) is 17.9. The summed E-state index contributed by atoms with van der Waals surface area (Å²) < 4.78 is 6.39. The molecule has 0 radical (unpaired) electrons. The first-order chi connectivity index (χ1) is 30.0. The molecule has 0 unspecified atom stereocenters. The molecule has 1 aromatic heterocycles. The topological polar surface area (TPSA) is 16.4 Å². The van der Waals surface area contributed by atoms with Gasteiger partial charge in [-0.05, 0) is 115 Å². The smallest absolute Gasteiger partial charge is 0.143 e. The van der Waals surface area contributed by atoms with Crippen LogP contribution in [0.4, 0.5) is 17.1 Å². The van der Waals surface area contributed by atoms with E-state index in [1.807, 2.05) is 6.07 Å². The zero-order chi connectivity index (χ0) is 40.7. The second-order valence-corrected chi connectivity index (χ2v) is 16.9. The van der Waals surface area contributed by atoms with Gasteiger partial charge >= 0.3 is 0 Å². The third-order valence-corrected chi connectivity index (χ3v) is 13.1. The molecule has 2 nitrogen and oxygen atoms in total. The lowest BCUT2D eigenvalue weighted by atomic mass is 9.81. The number of furan rings is 1. The van der Waals surface area contributed by atoms with Crippen LogP contribution in [0, 0.1) is 0 Å². The summed E-state index contributed by atoms with van der Waals surface area (Å²) in [6, 6.07) is 77.4. The molecule has 1 aliphatic rings. The van der Waals surface area contributed by atoms with E-state index in [9.17, 15) is 0 Å². The van der Waals surface area contributed by atoms with E-state index in [2.05, 4.69) is 225 Å². The van der Waals surface area contributed by atoms with E-state index in [1.165, 1.54) is 71.8 Å². The Morgan fingerprint density at radius 1 is 0.361 bits per heavy atom. The molecule has 1 aliphatic carbocycles. The van der Waals surface area contributed by atoms with Crippen LogP contribution >= 0.6 is 0 Å². The maximum atomic E-state index is 6.39. The van der Waals surface area contributed by atoms with Gasteiger partial charge < -0.3 is 9.32 Å². The third kappa shape index (κ3) is 5.64. The van der Waals surface area contributed by atoms with Crippen LogP contribution in [-0.2, 0) is 5.41 Å². The normalized spacial score (nSPS) is 12.9. The molecule has 0 saturated carbocycles. The average Bonchev–Trinajstić information content (AvgIpc) is 3.81. The summed E-state index contributed by atoms with van der Waals surface area (Å²) in [4.78, 5) is 2.39. The highest BCUT2D eigenvalue weighted by Gasteiger charge is 2.35. The van der Waals surface area contributed by atoms with Crippen LogP contribution in [-0.4, -0.2) is 0 Å². The summed E-state index contributed by atoms with van der Waals surface area (Å²) in [5, 5.41) is 7.04. The zero-order valence-electron chi connectivity index (χ0n) is 34.1. The number of anilines is 3. The van der Waals surface area contributed by atoms with Crippen LogP contribution in [0.2, 0.25) is 0 Å². The van der Waals surface area contributed by atoms with E-state index < -0.39 is 0 Å². The Bertz CT molecular complexity index is 3480. The van der Waals surface area contributed by atoms with E-state index in [-0.39, 0.29) is 5.41 Å². The number of fused-ring (bicyclic) bond motifs is 9. The van der Waals surface area contributed by atoms with Crippen molar-refractivity contribution in [1.82, 2.24) is 0 Å². The van der Waals surface area contributed by atoms with Crippen molar-refractivity contribution in [2.24, 2.45) is 0 Å². The number of hydrogen-bond donors (Lipinski definition) is 0. The van der Waals surface area contributed by atoms with Gasteiger partial charge in [0.2, 0.25) is 0 Å². The molecule has 61 heavy (non-hydrogen) atoms. The van der Waals surface area contributed by atoms with Crippen molar-refractivity contribution in [3.8, 4) is 44.5 Å². The predicted molar refractivity (Wildman–Crippen MR) is 257 cm³/mol. The second-order valence-electron chi connectivity index (χ2n) is 16.9. The van der Waals surface area contributed by atoms with Gasteiger partial charge in [-0.25, -0.2) is 0 Å². The van der Waals surface area contributed by atoms with Crippen LogP contribution in [0.15, 0.2) is 217 Å². The van der Waals surface area contributed by atoms with E-state index in [4.69, 9.17) is 4.42 Å².